The number of nitrogen functional groups attached to an aromatic ring is 1. The third-order valence-corrected chi connectivity index (χ3v) is 4.00. The number of carbonyl (C=O) groups is 2. The van der Waals surface area contributed by atoms with Crippen LogP contribution in [0.5, 0.6) is 17.4 Å². The summed E-state index contributed by atoms with van der Waals surface area (Å²) >= 11 is 0. The molecule has 0 radical (unpaired) electrons. The van der Waals surface area contributed by atoms with Crippen molar-refractivity contribution in [2.24, 2.45) is 0 Å². The predicted octanol–water partition coefficient (Wildman–Crippen LogP) is 3.06. The second kappa shape index (κ2) is 7.11. The van der Waals surface area contributed by atoms with Gasteiger partial charge in [0.25, 0.3) is 5.91 Å². The molecule has 30 heavy (non-hydrogen) atoms. The molecule has 0 spiro atoms. The van der Waals surface area contributed by atoms with Crippen LogP contribution >= 0.6 is 0 Å². The fraction of sp³-hybridized carbons (Fsp3) is 0.222. The molecular formula is C18H14F3N5O4. The lowest BCUT2D eigenvalue weighted by molar-refractivity contribution is -0.274. The third kappa shape index (κ3) is 4.04. The minimum atomic E-state index is -4.99. The van der Waals surface area contributed by atoms with E-state index in [1.807, 2.05) is 0 Å². The lowest BCUT2D eigenvalue weighted by Crippen LogP contribution is -2.40. The zero-order valence-corrected chi connectivity index (χ0v) is 15.6. The summed E-state index contributed by atoms with van der Waals surface area (Å²) in [5.74, 6) is -1.72. The molecule has 0 bridgehead atoms. The molecule has 2 heterocycles. The number of nitriles is 1. The minimum Gasteiger partial charge on any atom is -0.439 e. The van der Waals surface area contributed by atoms with Crippen LogP contribution in [0, 0.1) is 11.3 Å². The number of pyridine rings is 1. The van der Waals surface area contributed by atoms with Crippen molar-refractivity contribution in [2.45, 2.75) is 25.7 Å². The topological polar surface area (TPSA) is 131 Å². The van der Waals surface area contributed by atoms with E-state index in [-0.39, 0.29) is 28.7 Å². The first-order valence-electron chi connectivity index (χ1n) is 8.32. The Morgan fingerprint density at radius 1 is 1.23 bits per heavy atom. The monoisotopic (exact) mass is 421 g/mol. The predicted molar refractivity (Wildman–Crippen MR) is 96.7 cm³/mol. The van der Waals surface area contributed by atoms with Gasteiger partial charge in [0.1, 0.15) is 17.4 Å². The summed E-state index contributed by atoms with van der Waals surface area (Å²) in [5.41, 5.74) is 4.41. The maximum absolute atomic E-state index is 12.5. The van der Waals surface area contributed by atoms with E-state index in [9.17, 15) is 22.8 Å². The zero-order valence-electron chi connectivity index (χ0n) is 15.6. The zero-order chi connectivity index (χ0) is 22.3. The molecule has 2 aromatic rings. The van der Waals surface area contributed by atoms with Gasteiger partial charge in [-0.3, -0.25) is 4.79 Å². The maximum atomic E-state index is 12.5. The molecule has 1 aromatic carbocycles. The summed E-state index contributed by atoms with van der Waals surface area (Å²) < 4.78 is 46.7. The van der Waals surface area contributed by atoms with Gasteiger partial charge in [-0.1, -0.05) is 0 Å². The molecule has 1 aliphatic heterocycles. The Morgan fingerprint density at radius 2 is 1.93 bits per heavy atom. The van der Waals surface area contributed by atoms with Crippen molar-refractivity contribution in [2.75, 3.05) is 10.6 Å². The molecule has 3 N–H and O–H groups in total. The van der Waals surface area contributed by atoms with Gasteiger partial charge in [-0.25, -0.2) is 9.69 Å². The molecule has 0 unspecified atom stereocenters. The van der Waals surface area contributed by atoms with Crippen LogP contribution in [0.4, 0.5) is 29.5 Å². The van der Waals surface area contributed by atoms with Crippen molar-refractivity contribution in [1.82, 2.24) is 10.3 Å². The quantitative estimate of drug-likeness (QED) is 0.726. The van der Waals surface area contributed by atoms with Gasteiger partial charge in [0.05, 0.1) is 11.3 Å². The Morgan fingerprint density at radius 3 is 2.47 bits per heavy atom. The Balaban J connectivity index is 1.87. The van der Waals surface area contributed by atoms with Gasteiger partial charge < -0.3 is 20.5 Å². The van der Waals surface area contributed by atoms with Crippen molar-refractivity contribution in [3.63, 3.8) is 0 Å². The fourth-order valence-corrected chi connectivity index (χ4v) is 2.65. The van der Waals surface area contributed by atoms with Crippen molar-refractivity contribution in [3.05, 3.63) is 35.9 Å². The first-order chi connectivity index (χ1) is 13.9. The number of nitrogens with two attached hydrogens (primary N) is 1. The second-order valence-electron chi connectivity index (χ2n) is 6.67. The minimum absolute atomic E-state index is 0.0244. The van der Waals surface area contributed by atoms with Gasteiger partial charge in [-0.05, 0) is 32.0 Å². The number of nitrogens with one attached hydrogen (secondary N) is 1. The van der Waals surface area contributed by atoms with Crippen LogP contribution in [0.3, 0.4) is 0 Å². The highest BCUT2D eigenvalue weighted by Gasteiger charge is 2.45. The number of benzene rings is 1. The van der Waals surface area contributed by atoms with Gasteiger partial charge in [-0.15, -0.1) is 13.2 Å². The van der Waals surface area contributed by atoms with E-state index in [4.69, 9.17) is 15.7 Å². The smallest absolute Gasteiger partial charge is 0.439 e. The van der Waals surface area contributed by atoms with Crippen molar-refractivity contribution >= 4 is 23.4 Å². The van der Waals surface area contributed by atoms with Crippen LogP contribution in [0.15, 0.2) is 30.3 Å². The largest absolute Gasteiger partial charge is 0.573 e. The van der Waals surface area contributed by atoms with Gasteiger partial charge in [0.2, 0.25) is 5.88 Å². The summed E-state index contributed by atoms with van der Waals surface area (Å²) in [5, 5.41) is 11.4. The van der Waals surface area contributed by atoms with E-state index in [2.05, 4.69) is 15.0 Å². The molecule has 12 heteroatoms. The molecule has 9 nitrogen and oxygen atoms in total. The number of halogens is 3. The van der Waals surface area contributed by atoms with Crippen molar-refractivity contribution in [3.8, 4) is 23.4 Å². The number of nitrogens with zero attached hydrogens (tertiary/aromatic N) is 3. The lowest BCUT2D eigenvalue weighted by Gasteiger charge is -2.17. The highest BCUT2D eigenvalue weighted by molar-refractivity contribution is 6.23. The molecule has 0 aliphatic carbocycles. The molecule has 0 atom stereocenters. The first-order valence-corrected chi connectivity index (χ1v) is 8.32. The molecule has 0 saturated carbocycles. The highest BCUT2D eigenvalue weighted by atomic mass is 19.4. The SMILES string of the molecule is CC1(C)NC(=O)N(c2ccc(Oc3ccc(C#N)c(OC(F)(F)F)c3)nc2N)C1=O. The van der Waals surface area contributed by atoms with E-state index in [0.717, 1.165) is 17.0 Å². The molecule has 3 rings (SSSR count). The molecule has 1 aliphatic rings. The standard InChI is InChI=1S/C18H14F3N5O4/c1-17(2)15(27)26(16(28)25-17)11-5-6-13(24-14(11)23)29-10-4-3-9(8-22)12(7-10)30-18(19,20)21/h3-7H,1-2H3,(H2,23,24)(H,25,28). The number of urea groups is 1. The normalized spacial score (nSPS) is 15.5. The second-order valence-corrected chi connectivity index (χ2v) is 6.67. The Kier molecular flexibility index (Phi) is 4.91. The van der Waals surface area contributed by atoms with Crippen molar-refractivity contribution < 1.29 is 32.2 Å². The first kappa shape index (κ1) is 20.7. The van der Waals surface area contributed by atoms with Gasteiger partial charge >= 0.3 is 12.4 Å². The number of carbonyl (C=O) groups excluding carboxylic acids is 2. The number of amides is 3. The lowest BCUT2D eigenvalue weighted by atomic mass is 10.1. The summed E-state index contributed by atoms with van der Waals surface area (Å²) in [6.07, 6.45) is -4.99. The Bertz CT molecular complexity index is 1080. The summed E-state index contributed by atoms with van der Waals surface area (Å²) in [7, 11) is 0. The molecule has 3 amide bonds. The molecule has 156 valence electrons. The van der Waals surface area contributed by atoms with E-state index in [1.54, 1.807) is 6.07 Å². The number of alkyl halides is 3. The number of anilines is 2. The van der Waals surface area contributed by atoms with E-state index in [0.29, 0.717) is 0 Å². The Hall–Kier alpha value is -4.01. The van der Waals surface area contributed by atoms with E-state index < -0.39 is 29.6 Å². The summed E-state index contributed by atoms with van der Waals surface area (Å²) in [6.45, 7) is 3.06. The van der Waals surface area contributed by atoms with Crippen LogP contribution in [0.1, 0.15) is 19.4 Å². The number of ether oxygens (including phenoxy) is 2. The van der Waals surface area contributed by atoms with Crippen LogP contribution in [-0.2, 0) is 4.79 Å². The Labute approximate surface area is 167 Å². The van der Waals surface area contributed by atoms with Crippen LogP contribution < -0.4 is 25.4 Å². The molecule has 1 fully saturated rings. The van der Waals surface area contributed by atoms with Gasteiger partial charge in [0.15, 0.2) is 11.6 Å². The molecule has 1 saturated heterocycles. The third-order valence-electron chi connectivity index (χ3n) is 4.00. The van der Waals surface area contributed by atoms with Gasteiger partial charge in [0, 0.05) is 12.1 Å². The number of hydrogen-bond donors (Lipinski definition) is 2. The average molecular weight is 421 g/mol. The van der Waals surface area contributed by atoms with Gasteiger partial charge in [-0.2, -0.15) is 10.2 Å². The maximum Gasteiger partial charge on any atom is 0.573 e. The van der Waals surface area contributed by atoms with E-state index >= 15 is 0 Å². The highest BCUT2D eigenvalue weighted by Crippen LogP contribution is 2.34. The van der Waals surface area contributed by atoms with E-state index in [1.165, 1.54) is 32.0 Å². The number of imide groups is 1. The van der Waals surface area contributed by atoms with Crippen LogP contribution in [-0.4, -0.2) is 28.8 Å². The van der Waals surface area contributed by atoms with Crippen LogP contribution in [0.2, 0.25) is 0 Å². The summed E-state index contributed by atoms with van der Waals surface area (Å²) in [4.78, 5) is 29.2. The molecular weight excluding hydrogens is 407 g/mol. The fourth-order valence-electron chi connectivity index (χ4n) is 2.65. The average Bonchev–Trinajstić information content (AvgIpc) is 2.82. The molecule has 1 aromatic heterocycles. The van der Waals surface area contributed by atoms with Crippen LogP contribution in [0.25, 0.3) is 0 Å². The summed E-state index contributed by atoms with van der Waals surface area (Å²) in [6, 6.07) is 6.70. The number of aromatic nitrogens is 1. The number of hydrogen-bond acceptors (Lipinski definition) is 7. The number of rotatable bonds is 4. The van der Waals surface area contributed by atoms with Crippen molar-refractivity contribution in [1.29, 1.82) is 5.26 Å².